The van der Waals surface area contributed by atoms with Crippen LogP contribution in [0.4, 0.5) is 10.5 Å². The maximum absolute atomic E-state index is 11.8. The van der Waals surface area contributed by atoms with Gasteiger partial charge in [-0.3, -0.25) is 4.68 Å². The summed E-state index contributed by atoms with van der Waals surface area (Å²) >= 11 is 0. The lowest BCUT2D eigenvalue weighted by molar-refractivity contribution is 0.0616. The van der Waals surface area contributed by atoms with Crippen LogP contribution in [-0.2, 0) is 19.2 Å². The van der Waals surface area contributed by atoms with Crippen molar-refractivity contribution in [2.75, 3.05) is 18.4 Å². The van der Waals surface area contributed by atoms with Gasteiger partial charge >= 0.3 is 6.03 Å². The average molecular weight is 416 g/mol. The summed E-state index contributed by atoms with van der Waals surface area (Å²) in [6.45, 7) is 9.00. The third-order valence-electron chi connectivity index (χ3n) is 4.32. The van der Waals surface area contributed by atoms with Crippen LogP contribution in [0.25, 0.3) is 0 Å². The van der Waals surface area contributed by atoms with Gasteiger partial charge in [0.05, 0.1) is 19.3 Å². The van der Waals surface area contributed by atoms with Crippen molar-refractivity contribution >= 4 is 17.7 Å². The number of nitrogens with zero attached hydrogens (tertiary/aromatic N) is 3. The summed E-state index contributed by atoms with van der Waals surface area (Å²) in [6.07, 6.45) is 3.45. The molecule has 9 heteroatoms. The second-order valence-corrected chi connectivity index (χ2v) is 7.68. The van der Waals surface area contributed by atoms with E-state index in [1.54, 1.807) is 24.0 Å². The van der Waals surface area contributed by atoms with E-state index in [2.05, 4.69) is 31.4 Å². The fourth-order valence-electron chi connectivity index (χ4n) is 2.69. The number of aromatic nitrogens is 2. The van der Waals surface area contributed by atoms with Crippen molar-refractivity contribution in [3.63, 3.8) is 0 Å². The van der Waals surface area contributed by atoms with E-state index in [0.717, 1.165) is 16.8 Å². The topological polar surface area (TPSA) is 116 Å². The van der Waals surface area contributed by atoms with Gasteiger partial charge in [0.15, 0.2) is 5.96 Å². The Balaban J connectivity index is 1.94. The third kappa shape index (κ3) is 7.40. The molecular weight excluding hydrogens is 382 g/mol. The van der Waals surface area contributed by atoms with Crippen LogP contribution in [0.3, 0.4) is 0 Å². The van der Waals surface area contributed by atoms with Gasteiger partial charge in [0.2, 0.25) is 0 Å². The number of aryl methyl sites for hydroxylation is 1. The highest BCUT2D eigenvalue weighted by Gasteiger charge is 2.24. The van der Waals surface area contributed by atoms with E-state index < -0.39 is 5.60 Å². The number of rotatable bonds is 8. The molecule has 2 rings (SSSR count). The maximum Gasteiger partial charge on any atom is 0.319 e. The summed E-state index contributed by atoms with van der Waals surface area (Å²) in [5.41, 5.74) is 1.38. The van der Waals surface area contributed by atoms with Crippen molar-refractivity contribution in [2.24, 2.45) is 12.0 Å². The van der Waals surface area contributed by atoms with Crippen molar-refractivity contribution in [3.05, 3.63) is 47.8 Å². The first-order chi connectivity index (χ1) is 14.2. The lowest BCUT2D eigenvalue weighted by Crippen LogP contribution is -2.44. The molecule has 5 N–H and O–H groups in total. The van der Waals surface area contributed by atoms with Gasteiger partial charge in [-0.25, -0.2) is 9.79 Å². The Labute approximate surface area is 178 Å². The molecule has 0 saturated heterocycles. The quantitative estimate of drug-likeness (QED) is 0.334. The molecule has 0 spiro atoms. The number of carbonyl (C=O) groups is 1. The molecule has 1 heterocycles. The minimum absolute atomic E-state index is 0.0783. The van der Waals surface area contributed by atoms with Gasteiger partial charge in [-0.15, -0.1) is 0 Å². The molecule has 1 atom stereocenters. The molecule has 0 bridgehead atoms. The molecule has 2 aromatic rings. The molecule has 0 aliphatic carbocycles. The Morgan fingerprint density at radius 1 is 1.27 bits per heavy atom. The molecule has 1 aromatic heterocycles. The van der Waals surface area contributed by atoms with Gasteiger partial charge in [0, 0.05) is 37.1 Å². The Hall–Kier alpha value is -3.07. The van der Waals surface area contributed by atoms with Gasteiger partial charge in [-0.2, -0.15) is 5.10 Å². The van der Waals surface area contributed by atoms with Crippen LogP contribution in [-0.4, -0.2) is 46.0 Å². The van der Waals surface area contributed by atoms with E-state index in [1.165, 1.54) is 0 Å². The minimum atomic E-state index is -1.08. The molecule has 0 aliphatic heterocycles. The molecule has 30 heavy (non-hydrogen) atoms. The summed E-state index contributed by atoms with van der Waals surface area (Å²) in [6, 6.07) is 7.38. The number of carbonyl (C=O) groups excluding carboxylic acids is 1. The normalized spacial score (nSPS) is 13.6. The number of urea groups is 1. The number of aliphatic imine (C=N–C) groups is 1. The standard InChI is InChI=1S/C21H33N7O2/c1-6-22-19(24-14-21(4,30)17-12-25-28(5)13-17)23-11-16-7-9-18(10-8-16)27-20(29)26-15(2)3/h7-10,12-13,15,30H,6,11,14H2,1-5H3,(H2,22,23,24)(H2,26,27,29). The summed E-state index contributed by atoms with van der Waals surface area (Å²) in [5, 5.41) is 26.8. The van der Waals surface area contributed by atoms with Crippen LogP contribution in [0.1, 0.15) is 38.8 Å². The van der Waals surface area contributed by atoms with E-state index in [1.807, 2.05) is 52.1 Å². The number of hydrogen-bond donors (Lipinski definition) is 5. The molecule has 0 aliphatic rings. The maximum atomic E-state index is 11.8. The number of amides is 2. The van der Waals surface area contributed by atoms with E-state index in [-0.39, 0.29) is 12.1 Å². The van der Waals surface area contributed by atoms with Crippen LogP contribution in [0.15, 0.2) is 41.7 Å². The Kier molecular flexibility index (Phi) is 8.23. The fourth-order valence-corrected chi connectivity index (χ4v) is 2.69. The second kappa shape index (κ2) is 10.6. The van der Waals surface area contributed by atoms with E-state index >= 15 is 0 Å². The van der Waals surface area contributed by atoms with Crippen LogP contribution >= 0.6 is 0 Å². The first-order valence-electron chi connectivity index (χ1n) is 10.1. The zero-order valence-electron chi connectivity index (χ0n) is 18.4. The van der Waals surface area contributed by atoms with Crippen molar-refractivity contribution in [1.82, 2.24) is 25.7 Å². The minimum Gasteiger partial charge on any atom is -0.383 e. The number of benzene rings is 1. The molecule has 0 radical (unpaired) electrons. The van der Waals surface area contributed by atoms with Crippen LogP contribution in [0.2, 0.25) is 0 Å². The molecule has 1 unspecified atom stereocenters. The summed E-state index contributed by atoms with van der Waals surface area (Å²) in [7, 11) is 1.82. The van der Waals surface area contributed by atoms with Crippen molar-refractivity contribution in [3.8, 4) is 0 Å². The molecule has 1 aromatic carbocycles. The Bertz CT molecular complexity index is 841. The van der Waals surface area contributed by atoms with E-state index in [0.29, 0.717) is 25.6 Å². The summed E-state index contributed by atoms with van der Waals surface area (Å²) in [4.78, 5) is 16.3. The Morgan fingerprint density at radius 3 is 2.53 bits per heavy atom. The molecule has 2 amide bonds. The highest BCUT2D eigenvalue weighted by Crippen LogP contribution is 2.18. The lowest BCUT2D eigenvalue weighted by atomic mass is 10.00. The number of hydrogen-bond acceptors (Lipinski definition) is 4. The number of guanidine groups is 1. The van der Waals surface area contributed by atoms with Gasteiger partial charge in [0.25, 0.3) is 0 Å². The molecule has 0 saturated carbocycles. The van der Waals surface area contributed by atoms with Crippen LogP contribution < -0.4 is 21.3 Å². The van der Waals surface area contributed by atoms with Crippen molar-refractivity contribution < 1.29 is 9.90 Å². The lowest BCUT2D eigenvalue weighted by Gasteiger charge is -2.23. The Morgan fingerprint density at radius 2 is 1.97 bits per heavy atom. The first kappa shape index (κ1) is 23.2. The van der Waals surface area contributed by atoms with Crippen molar-refractivity contribution in [1.29, 1.82) is 0 Å². The highest BCUT2D eigenvalue weighted by atomic mass is 16.3. The summed E-state index contributed by atoms with van der Waals surface area (Å²) in [5.74, 6) is 0.611. The molecule has 164 valence electrons. The predicted octanol–water partition coefficient (Wildman–Crippen LogP) is 1.91. The average Bonchev–Trinajstić information content (AvgIpc) is 3.12. The van der Waals surface area contributed by atoms with E-state index in [4.69, 9.17) is 0 Å². The second-order valence-electron chi connectivity index (χ2n) is 7.68. The number of nitrogens with one attached hydrogen (secondary N) is 4. The fraction of sp³-hybridized carbons (Fsp3) is 0.476. The molecule has 9 nitrogen and oxygen atoms in total. The van der Waals surface area contributed by atoms with Gasteiger partial charge in [0.1, 0.15) is 5.60 Å². The summed E-state index contributed by atoms with van der Waals surface area (Å²) < 4.78 is 1.66. The van der Waals surface area contributed by atoms with E-state index in [9.17, 15) is 9.90 Å². The highest BCUT2D eigenvalue weighted by molar-refractivity contribution is 5.89. The largest absolute Gasteiger partial charge is 0.383 e. The third-order valence-corrected chi connectivity index (χ3v) is 4.32. The van der Waals surface area contributed by atoms with Gasteiger partial charge < -0.3 is 26.4 Å². The molecule has 0 fully saturated rings. The van der Waals surface area contributed by atoms with Crippen molar-refractivity contribution in [2.45, 2.75) is 45.9 Å². The number of aliphatic hydroxyl groups is 1. The van der Waals surface area contributed by atoms with Gasteiger partial charge in [-0.05, 0) is 45.4 Å². The smallest absolute Gasteiger partial charge is 0.319 e. The van der Waals surface area contributed by atoms with Gasteiger partial charge in [-0.1, -0.05) is 12.1 Å². The zero-order chi connectivity index (χ0) is 22.1. The van der Waals surface area contributed by atoms with Crippen LogP contribution in [0.5, 0.6) is 0 Å². The first-order valence-corrected chi connectivity index (χ1v) is 10.1. The number of anilines is 1. The van der Waals surface area contributed by atoms with Crippen LogP contribution in [0, 0.1) is 0 Å². The predicted molar refractivity (Wildman–Crippen MR) is 119 cm³/mol. The monoisotopic (exact) mass is 415 g/mol. The molecular formula is C21H33N7O2. The zero-order valence-corrected chi connectivity index (χ0v) is 18.4. The SMILES string of the molecule is CCNC(=NCc1ccc(NC(=O)NC(C)C)cc1)NCC(C)(O)c1cnn(C)c1.